The lowest BCUT2D eigenvalue weighted by Crippen LogP contribution is -2.15. The van der Waals surface area contributed by atoms with Crippen molar-refractivity contribution in [2.45, 2.75) is 13.0 Å². The van der Waals surface area contributed by atoms with Crippen LogP contribution in [0.5, 0.6) is 0 Å². The molecule has 1 N–H and O–H groups in total. The summed E-state index contributed by atoms with van der Waals surface area (Å²) in [7, 11) is 4.22. The van der Waals surface area contributed by atoms with E-state index >= 15 is 0 Å². The molecule has 0 aliphatic carbocycles. The number of hydrogen-bond acceptors (Lipinski definition) is 2. The van der Waals surface area contributed by atoms with Crippen LogP contribution in [0.15, 0.2) is 43.1 Å². The van der Waals surface area contributed by atoms with E-state index in [-0.39, 0.29) is 0 Å². The van der Waals surface area contributed by atoms with Gasteiger partial charge in [-0.3, -0.25) is 0 Å². The maximum Gasteiger partial charge on any atom is 0.0949 e. The Morgan fingerprint density at radius 2 is 2.15 bits per heavy atom. The van der Waals surface area contributed by atoms with Gasteiger partial charge in [0.15, 0.2) is 0 Å². The van der Waals surface area contributed by atoms with Crippen LogP contribution >= 0.6 is 0 Å². The Hall–Kier alpha value is -2.07. The van der Waals surface area contributed by atoms with Gasteiger partial charge < -0.3 is 14.5 Å². The van der Waals surface area contributed by atoms with E-state index in [0.29, 0.717) is 0 Å². The highest BCUT2D eigenvalue weighted by atomic mass is 15.0. The molecule has 0 aliphatic rings. The molecule has 0 amide bonds. The second kappa shape index (κ2) is 5.51. The highest BCUT2D eigenvalue weighted by molar-refractivity contribution is 5.86. The second-order valence-corrected chi connectivity index (χ2v) is 5.44. The first kappa shape index (κ1) is 12.9. The monoisotopic (exact) mass is 268 g/mol. The molecular weight excluding hydrogens is 248 g/mol. The summed E-state index contributed by atoms with van der Waals surface area (Å²) in [5.41, 5.74) is 3.95. The summed E-state index contributed by atoms with van der Waals surface area (Å²) in [6, 6.07) is 6.46. The fraction of sp³-hybridized carbons (Fsp3) is 0.312. The van der Waals surface area contributed by atoms with Crippen molar-refractivity contribution in [3.8, 4) is 0 Å². The minimum atomic E-state index is 0.865. The Bertz CT molecular complexity index is 680. The van der Waals surface area contributed by atoms with Gasteiger partial charge in [-0.2, -0.15) is 0 Å². The number of fused-ring (bicyclic) bond motifs is 1. The van der Waals surface area contributed by atoms with E-state index in [4.69, 9.17) is 0 Å². The minimum absolute atomic E-state index is 0.865. The molecular formula is C16H20N4. The Balaban J connectivity index is 1.96. The van der Waals surface area contributed by atoms with Gasteiger partial charge in [0.05, 0.1) is 6.33 Å². The quantitative estimate of drug-likeness (QED) is 0.772. The van der Waals surface area contributed by atoms with E-state index in [1.54, 1.807) is 0 Å². The van der Waals surface area contributed by atoms with Gasteiger partial charge in [-0.25, -0.2) is 4.98 Å². The molecule has 4 heteroatoms. The van der Waals surface area contributed by atoms with E-state index in [2.05, 4.69) is 57.9 Å². The molecule has 0 spiro atoms. The third-order valence-electron chi connectivity index (χ3n) is 3.61. The summed E-state index contributed by atoms with van der Waals surface area (Å²) < 4.78 is 2.11. The smallest absolute Gasteiger partial charge is 0.0949 e. The van der Waals surface area contributed by atoms with Gasteiger partial charge in [-0.1, -0.05) is 12.1 Å². The van der Waals surface area contributed by atoms with Gasteiger partial charge in [0, 0.05) is 42.6 Å². The zero-order valence-electron chi connectivity index (χ0n) is 12.0. The van der Waals surface area contributed by atoms with Gasteiger partial charge in [0.1, 0.15) is 0 Å². The summed E-state index contributed by atoms with van der Waals surface area (Å²) in [4.78, 5) is 9.72. The highest BCUT2D eigenvalue weighted by Gasteiger charge is 2.09. The first-order chi connectivity index (χ1) is 9.74. The number of aromatic nitrogens is 3. The molecule has 3 rings (SSSR count). The average molecular weight is 268 g/mol. The number of benzene rings is 1. The Labute approximate surface area is 119 Å². The van der Waals surface area contributed by atoms with Crippen molar-refractivity contribution in [3.63, 3.8) is 0 Å². The van der Waals surface area contributed by atoms with E-state index in [9.17, 15) is 0 Å². The van der Waals surface area contributed by atoms with E-state index in [1.807, 2.05) is 18.7 Å². The van der Waals surface area contributed by atoms with Crippen LogP contribution in [0.2, 0.25) is 0 Å². The number of aromatic amines is 1. The number of nitrogens with one attached hydrogen (secondary N) is 1. The molecule has 0 saturated carbocycles. The summed E-state index contributed by atoms with van der Waals surface area (Å²) >= 11 is 0. The molecule has 0 saturated heterocycles. The Morgan fingerprint density at radius 3 is 2.90 bits per heavy atom. The molecule has 3 aromatic rings. The van der Waals surface area contributed by atoms with Gasteiger partial charge in [-0.15, -0.1) is 0 Å². The lowest BCUT2D eigenvalue weighted by atomic mass is 10.0. The highest BCUT2D eigenvalue weighted by Crippen LogP contribution is 2.24. The van der Waals surface area contributed by atoms with E-state index < -0.39 is 0 Å². The number of likely N-dealkylation sites (N-methyl/N-ethyl adjacent to an activating group) is 1. The molecule has 0 aliphatic heterocycles. The summed E-state index contributed by atoms with van der Waals surface area (Å²) in [5.74, 6) is 0. The lowest BCUT2D eigenvalue weighted by molar-refractivity contribution is 0.414. The minimum Gasteiger partial charge on any atom is -0.361 e. The fourth-order valence-electron chi connectivity index (χ4n) is 2.59. The third-order valence-corrected chi connectivity index (χ3v) is 3.61. The van der Waals surface area contributed by atoms with Crippen LogP contribution in [0.4, 0.5) is 0 Å². The lowest BCUT2D eigenvalue weighted by Gasteiger charge is -2.10. The van der Waals surface area contributed by atoms with E-state index in [1.165, 1.54) is 22.0 Å². The van der Waals surface area contributed by atoms with Crippen LogP contribution in [-0.2, 0) is 13.0 Å². The summed E-state index contributed by atoms with van der Waals surface area (Å²) in [6.45, 7) is 1.93. The van der Waals surface area contributed by atoms with Crippen LogP contribution < -0.4 is 0 Å². The Morgan fingerprint density at radius 1 is 1.25 bits per heavy atom. The zero-order chi connectivity index (χ0) is 13.9. The first-order valence-electron chi connectivity index (χ1n) is 6.92. The number of imidazole rings is 1. The van der Waals surface area contributed by atoms with Gasteiger partial charge in [0.25, 0.3) is 0 Å². The molecule has 0 fully saturated rings. The third kappa shape index (κ3) is 2.60. The molecule has 1 aromatic carbocycles. The van der Waals surface area contributed by atoms with Crippen molar-refractivity contribution in [3.05, 3.63) is 54.2 Å². The molecule has 0 unspecified atom stereocenters. The standard InChI is InChI=1S/C16H20N4/c1-19(2)8-6-13-10-18-15-5-3-4-14(16(13)15)11-20-9-7-17-12-20/h3-5,7,9-10,12,18H,6,8,11H2,1-2H3. The Kier molecular flexibility index (Phi) is 3.56. The molecule has 0 atom stereocenters. The molecule has 0 radical (unpaired) electrons. The fourth-order valence-corrected chi connectivity index (χ4v) is 2.59. The molecule has 20 heavy (non-hydrogen) atoms. The van der Waals surface area contributed by atoms with Crippen molar-refractivity contribution < 1.29 is 0 Å². The topological polar surface area (TPSA) is 36.9 Å². The summed E-state index contributed by atoms with van der Waals surface area (Å²) in [6.07, 6.45) is 8.90. The SMILES string of the molecule is CN(C)CCc1c[nH]c2cccc(Cn3ccnc3)c12. The van der Waals surface area contributed by atoms with Crippen molar-refractivity contribution in [2.75, 3.05) is 20.6 Å². The van der Waals surface area contributed by atoms with E-state index in [0.717, 1.165) is 19.5 Å². The molecule has 104 valence electrons. The summed E-state index contributed by atoms with van der Waals surface area (Å²) in [5, 5.41) is 1.36. The zero-order valence-corrected chi connectivity index (χ0v) is 12.0. The molecule has 0 bridgehead atoms. The van der Waals surface area contributed by atoms with Crippen molar-refractivity contribution >= 4 is 10.9 Å². The number of hydrogen-bond donors (Lipinski definition) is 1. The molecule has 2 aromatic heterocycles. The van der Waals surface area contributed by atoms with Crippen LogP contribution in [0.1, 0.15) is 11.1 Å². The average Bonchev–Trinajstić information content (AvgIpc) is 3.06. The van der Waals surface area contributed by atoms with Crippen LogP contribution in [0, 0.1) is 0 Å². The van der Waals surface area contributed by atoms with Crippen molar-refractivity contribution in [1.29, 1.82) is 0 Å². The molecule has 2 heterocycles. The van der Waals surface area contributed by atoms with Crippen LogP contribution in [0.25, 0.3) is 10.9 Å². The van der Waals surface area contributed by atoms with Gasteiger partial charge in [-0.05, 0) is 37.7 Å². The maximum absolute atomic E-state index is 4.12. The van der Waals surface area contributed by atoms with Crippen LogP contribution in [-0.4, -0.2) is 40.1 Å². The number of nitrogens with zero attached hydrogens (tertiary/aromatic N) is 3. The number of H-pyrrole nitrogens is 1. The van der Waals surface area contributed by atoms with Crippen molar-refractivity contribution in [1.82, 2.24) is 19.4 Å². The molecule has 4 nitrogen and oxygen atoms in total. The largest absolute Gasteiger partial charge is 0.361 e. The number of rotatable bonds is 5. The van der Waals surface area contributed by atoms with Gasteiger partial charge in [0.2, 0.25) is 0 Å². The maximum atomic E-state index is 4.12. The van der Waals surface area contributed by atoms with Gasteiger partial charge >= 0.3 is 0 Å². The normalized spacial score (nSPS) is 11.6. The second-order valence-electron chi connectivity index (χ2n) is 5.44. The van der Waals surface area contributed by atoms with Crippen molar-refractivity contribution in [2.24, 2.45) is 0 Å². The first-order valence-corrected chi connectivity index (χ1v) is 6.92. The predicted octanol–water partition coefficient (Wildman–Crippen LogP) is 2.52. The van der Waals surface area contributed by atoms with Crippen LogP contribution in [0.3, 0.4) is 0 Å². The predicted molar refractivity (Wildman–Crippen MR) is 81.9 cm³/mol.